The molecule has 1 aromatic carbocycles. The molecule has 0 spiro atoms. The first-order chi connectivity index (χ1) is 17.0. The van der Waals surface area contributed by atoms with Crippen molar-refractivity contribution < 1.29 is 13.9 Å². The summed E-state index contributed by atoms with van der Waals surface area (Å²) in [5.74, 6) is 0.863. The molecule has 0 saturated carbocycles. The summed E-state index contributed by atoms with van der Waals surface area (Å²) in [7, 11) is 0. The van der Waals surface area contributed by atoms with E-state index in [-0.39, 0.29) is 24.8 Å². The Hall–Kier alpha value is -3.79. The van der Waals surface area contributed by atoms with Crippen LogP contribution in [-0.2, 0) is 35.6 Å². The minimum absolute atomic E-state index is 0.0857. The fourth-order valence-corrected chi connectivity index (χ4v) is 4.23. The number of aryl methyl sites for hydroxylation is 1. The van der Waals surface area contributed by atoms with E-state index in [1.54, 1.807) is 13.2 Å². The van der Waals surface area contributed by atoms with E-state index in [4.69, 9.17) is 9.15 Å². The normalized spacial score (nSPS) is 12.3. The van der Waals surface area contributed by atoms with Crippen molar-refractivity contribution in [1.29, 1.82) is 0 Å². The molecule has 0 aliphatic rings. The molecule has 184 valence electrons. The van der Waals surface area contributed by atoms with Crippen LogP contribution >= 0.6 is 0 Å². The highest BCUT2D eigenvalue weighted by atomic mass is 16.5. The lowest BCUT2D eigenvalue weighted by Gasteiger charge is -2.29. The summed E-state index contributed by atoms with van der Waals surface area (Å²) >= 11 is 0. The van der Waals surface area contributed by atoms with Crippen LogP contribution in [0.2, 0.25) is 0 Å². The second-order valence-corrected chi connectivity index (χ2v) is 8.31. The molecule has 3 heterocycles. The third kappa shape index (κ3) is 5.65. The molecule has 0 aliphatic carbocycles. The van der Waals surface area contributed by atoms with Crippen molar-refractivity contribution in [1.82, 2.24) is 30.1 Å². The van der Waals surface area contributed by atoms with Crippen molar-refractivity contribution in [3.63, 3.8) is 0 Å². The van der Waals surface area contributed by atoms with Gasteiger partial charge in [0.05, 0.1) is 25.5 Å². The number of hydrogen-bond acceptors (Lipinski definition) is 8. The maximum Gasteiger partial charge on any atom is 0.327 e. The fraction of sp³-hybridized carbons (Fsp3) is 0.400. The smallest absolute Gasteiger partial charge is 0.327 e. The van der Waals surface area contributed by atoms with Gasteiger partial charge in [0, 0.05) is 17.6 Å². The summed E-state index contributed by atoms with van der Waals surface area (Å²) in [6.45, 7) is 6.84. The summed E-state index contributed by atoms with van der Waals surface area (Å²) in [6, 6.07) is 11.4. The lowest BCUT2D eigenvalue weighted by Crippen LogP contribution is -2.32. The topological polar surface area (TPSA) is 119 Å². The molecule has 35 heavy (non-hydrogen) atoms. The van der Waals surface area contributed by atoms with Crippen LogP contribution in [0.5, 0.6) is 0 Å². The molecular weight excluding hydrogens is 448 g/mol. The number of ether oxygens (including phenoxy) is 1. The van der Waals surface area contributed by atoms with Gasteiger partial charge in [-0.15, -0.1) is 5.10 Å². The van der Waals surface area contributed by atoms with Gasteiger partial charge in [-0.3, -0.25) is 14.5 Å². The van der Waals surface area contributed by atoms with Gasteiger partial charge in [-0.05, 0) is 71.5 Å². The summed E-state index contributed by atoms with van der Waals surface area (Å²) in [5, 5.41) is 13.0. The van der Waals surface area contributed by atoms with Crippen molar-refractivity contribution in [3.05, 3.63) is 75.7 Å². The van der Waals surface area contributed by atoms with Gasteiger partial charge in [0.2, 0.25) is 0 Å². The Balaban J connectivity index is 1.70. The van der Waals surface area contributed by atoms with Crippen molar-refractivity contribution in [2.24, 2.45) is 0 Å². The first-order valence-electron chi connectivity index (χ1n) is 11.8. The van der Waals surface area contributed by atoms with Crippen LogP contribution < -0.4 is 5.56 Å². The molecule has 0 unspecified atom stereocenters. The molecule has 4 aromatic rings. The number of hydrogen-bond donors (Lipinski definition) is 1. The quantitative estimate of drug-likeness (QED) is 0.326. The first-order valence-corrected chi connectivity index (χ1v) is 11.8. The third-order valence-electron chi connectivity index (χ3n) is 5.98. The average molecular weight is 479 g/mol. The molecule has 0 fully saturated rings. The Labute approximate surface area is 202 Å². The predicted octanol–water partition coefficient (Wildman–Crippen LogP) is 3.39. The number of carbonyl (C=O) groups is 1. The average Bonchev–Trinajstić information content (AvgIpc) is 3.52. The molecule has 10 heteroatoms. The van der Waals surface area contributed by atoms with E-state index in [2.05, 4.69) is 38.4 Å². The van der Waals surface area contributed by atoms with Crippen molar-refractivity contribution in [3.8, 4) is 0 Å². The van der Waals surface area contributed by atoms with Gasteiger partial charge < -0.3 is 14.1 Å². The fourth-order valence-electron chi connectivity index (χ4n) is 4.23. The predicted molar refractivity (Wildman–Crippen MR) is 129 cm³/mol. The van der Waals surface area contributed by atoms with Gasteiger partial charge in [-0.25, -0.2) is 4.68 Å². The van der Waals surface area contributed by atoms with Gasteiger partial charge in [0.25, 0.3) is 5.56 Å². The van der Waals surface area contributed by atoms with Crippen LogP contribution in [0, 0.1) is 0 Å². The number of nitrogens with zero attached hydrogens (tertiary/aromatic N) is 5. The number of rotatable bonds is 11. The molecule has 0 saturated heterocycles. The zero-order chi connectivity index (χ0) is 24.8. The standard InChI is InChI=1S/C25H30N6O4/c1-4-17-9-10-21-18(12-17)13-19(25(33)26-21)14-30(15-20-8-7-11-35-20)22(5-2)24-27-28-29-31(24)16-23(32)34-6-3/h7-13,22H,4-6,14-16H2,1-3H3,(H,26,33)/t22-/m1/s1. The summed E-state index contributed by atoms with van der Waals surface area (Å²) in [6.07, 6.45) is 3.18. The molecule has 0 aliphatic heterocycles. The second kappa shape index (κ2) is 11.1. The number of aromatic nitrogens is 5. The summed E-state index contributed by atoms with van der Waals surface area (Å²) < 4.78 is 12.1. The minimum atomic E-state index is -0.411. The van der Waals surface area contributed by atoms with Crippen molar-refractivity contribution >= 4 is 16.9 Å². The highest BCUT2D eigenvalue weighted by Crippen LogP contribution is 2.27. The number of fused-ring (bicyclic) bond motifs is 1. The number of benzene rings is 1. The number of furan rings is 1. The maximum absolute atomic E-state index is 13.0. The molecule has 4 rings (SSSR count). The van der Waals surface area contributed by atoms with Crippen molar-refractivity contribution in [2.75, 3.05) is 6.61 Å². The Kier molecular flexibility index (Phi) is 7.71. The molecule has 0 radical (unpaired) electrons. The lowest BCUT2D eigenvalue weighted by molar-refractivity contribution is -0.144. The minimum Gasteiger partial charge on any atom is -0.468 e. The van der Waals surface area contributed by atoms with Crippen LogP contribution in [0.4, 0.5) is 0 Å². The molecule has 10 nitrogen and oxygen atoms in total. The van der Waals surface area contributed by atoms with Crippen LogP contribution in [0.1, 0.15) is 55.9 Å². The van der Waals surface area contributed by atoms with E-state index in [0.717, 1.165) is 23.1 Å². The zero-order valence-corrected chi connectivity index (χ0v) is 20.2. The van der Waals surface area contributed by atoms with E-state index >= 15 is 0 Å². The molecule has 1 N–H and O–H groups in total. The zero-order valence-electron chi connectivity index (χ0n) is 20.2. The number of esters is 1. The van der Waals surface area contributed by atoms with E-state index in [9.17, 15) is 9.59 Å². The number of pyridine rings is 1. The molecular formula is C25H30N6O4. The summed E-state index contributed by atoms with van der Waals surface area (Å²) in [4.78, 5) is 30.2. The number of aromatic amines is 1. The Morgan fingerprint density at radius 2 is 2.06 bits per heavy atom. The SMILES string of the molecule is CCOC(=O)Cn1nnnc1[C@@H](CC)N(Cc1ccco1)Cc1cc2cc(CC)ccc2[nH]c1=O. The second-order valence-electron chi connectivity index (χ2n) is 8.31. The Morgan fingerprint density at radius 1 is 1.20 bits per heavy atom. The molecule has 1 atom stereocenters. The van der Waals surface area contributed by atoms with Crippen LogP contribution in [0.3, 0.4) is 0 Å². The van der Waals surface area contributed by atoms with Gasteiger partial charge >= 0.3 is 5.97 Å². The van der Waals surface area contributed by atoms with Crippen LogP contribution in [0.15, 0.2) is 51.9 Å². The van der Waals surface area contributed by atoms with Gasteiger partial charge in [0.1, 0.15) is 12.3 Å². The van der Waals surface area contributed by atoms with Crippen LogP contribution in [-0.4, -0.2) is 42.7 Å². The third-order valence-corrected chi connectivity index (χ3v) is 5.98. The monoisotopic (exact) mass is 478 g/mol. The highest BCUT2D eigenvalue weighted by molar-refractivity contribution is 5.79. The number of nitrogens with one attached hydrogen (secondary N) is 1. The van der Waals surface area contributed by atoms with Gasteiger partial charge in [0.15, 0.2) is 5.82 Å². The first kappa shape index (κ1) is 24.3. The van der Waals surface area contributed by atoms with Gasteiger partial charge in [-0.1, -0.05) is 19.9 Å². The highest BCUT2D eigenvalue weighted by Gasteiger charge is 2.27. The van der Waals surface area contributed by atoms with Crippen molar-refractivity contribution in [2.45, 2.75) is 59.3 Å². The number of carbonyl (C=O) groups excluding carboxylic acids is 1. The molecule has 0 bridgehead atoms. The lowest BCUT2D eigenvalue weighted by atomic mass is 10.1. The largest absolute Gasteiger partial charge is 0.468 e. The maximum atomic E-state index is 13.0. The Morgan fingerprint density at radius 3 is 2.77 bits per heavy atom. The number of tetrazole rings is 1. The van der Waals surface area contributed by atoms with E-state index < -0.39 is 5.97 Å². The summed E-state index contributed by atoms with van der Waals surface area (Å²) in [5.41, 5.74) is 2.49. The van der Waals surface area contributed by atoms with Crippen LogP contribution in [0.25, 0.3) is 10.9 Å². The van der Waals surface area contributed by atoms with E-state index in [0.29, 0.717) is 30.9 Å². The van der Waals surface area contributed by atoms with Gasteiger partial charge in [-0.2, -0.15) is 0 Å². The van der Waals surface area contributed by atoms with E-state index in [1.165, 1.54) is 10.2 Å². The Bertz CT molecular complexity index is 1330. The van der Waals surface area contributed by atoms with E-state index in [1.807, 2.05) is 37.3 Å². The number of H-pyrrole nitrogens is 1. The molecule has 3 aromatic heterocycles. The molecule has 0 amide bonds.